The van der Waals surface area contributed by atoms with Crippen molar-refractivity contribution in [2.45, 2.75) is 38.5 Å². The van der Waals surface area contributed by atoms with Gasteiger partial charge in [-0.05, 0) is 43.5 Å². The maximum atomic E-state index is 6.45. The monoisotopic (exact) mass is 275 g/mol. The van der Waals surface area contributed by atoms with Crippen molar-refractivity contribution in [3.8, 4) is 5.75 Å². The molecular weight excluding hydrogens is 258 g/mol. The average Bonchev–Trinajstić information content (AvgIpc) is 2.93. The summed E-state index contributed by atoms with van der Waals surface area (Å²) in [5.41, 5.74) is 3.29. The molecule has 3 rings (SSSR count). The van der Waals surface area contributed by atoms with E-state index in [1.54, 1.807) is 7.11 Å². The van der Waals surface area contributed by atoms with E-state index in [-0.39, 0.29) is 0 Å². The van der Waals surface area contributed by atoms with Gasteiger partial charge in [-0.15, -0.1) is 0 Å². The molecule has 1 aromatic carbocycles. The Morgan fingerprint density at radius 3 is 2.63 bits per heavy atom. The summed E-state index contributed by atoms with van der Waals surface area (Å²) >= 11 is 6.45. The first-order valence-electron chi connectivity index (χ1n) is 6.84. The van der Waals surface area contributed by atoms with Crippen LogP contribution in [0.2, 0.25) is 5.02 Å². The number of ether oxygens (including phenoxy) is 1. The first-order valence-corrected chi connectivity index (χ1v) is 7.21. The number of aromatic nitrogens is 1. The molecule has 1 aromatic heterocycles. The van der Waals surface area contributed by atoms with E-state index < -0.39 is 0 Å². The van der Waals surface area contributed by atoms with Crippen molar-refractivity contribution in [2.24, 2.45) is 0 Å². The van der Waals surface area contributed by atoms with Gasteiger partial charge in [-0.25, -0.2) is 0 Å². The van der Waals surface area contributed by atoms with Crippen LogP contribution in [0.1, 0.15) is 42.9 Å². The van der Waals surface area contributed by atoms with Crippen LogP contribution in [0.5, 0.6) is 5.75 Å². The number of rotatable bonds is 2. The number of nitrogens with zero attached hydrogens (tertiary/aromatic N) is 1. The minimum Gasteiger partial charge on any atom is -0.497 e. The van der Waals surface area contributed by atoms with Gasteiger partial charge in [0.1, 0.15) is 5.75 Å². The lowest BCUT2D eigenvalue weighted by molar-refractivity contribution is 0.415. The van der Waals surface area contributed by atoms with Crippen LogP contribution in [0, 0.1) is 6.92 Å². The van der Waals surface area contributed by atoms with Crippen molar-refractivity contribution in [3.63, 3.8) is 0 Å². The van der Waals surface area contributed by atoms with E-state index in [0.29, 0.717) is 5.92 Å². The van der Waals surface area contributed by atoms with Crippen LogP contribution in [0.25, 0.3) is 10.9 Å². The Labute approximate surface area is 118 Å². The van der Waals surface area contributed by atoms with E-state index in [1.807, 2.05) is 18.2 Å². The van der Waals surface area contributed by atoms with E-state index in [4.69, 9.17) is 21.3 Å². The normalized spacial score (nSPS) is 16.2. The van der Waals surface area contributed by atoms with Crippen LogP contribution in [-0.2, 0) is 0 Å². The number of hydrogen-bond acceptors (Lipinski definition) is 2. The van der Waals surface area contributed by atoms with Crippen molar-refractivity contribution in [3.05, 3.63) is 34.5 Å². The molecule has 0 N–H and O–H groups in total. The second kappa shape index (κ2) is 5.01. The second-order valence-electron chi connectivity index (χ2n) is 5.35. The van der Waals surface area contributed by atoms with Gasteiger partial charge in [-0.1, -0.05) is 24.4 Å². The van der Waals surface area contributed by atoms with Gasteiger partial charge in [0, 0.05) is 17.0 Å². The number of fused-ring (bicyclic) bond motifs is 1. The molecule has 1 aliphatic carbocycles. The lowest BCUT2D eigenvalue weighted by atomic mass is 10.0. The summed E-state index contributed by atoms with van der Waals surface area (Å²) in [5, 5.41) is 1.77. The molecule has 2 nitrogen and oxygen atoms in total. The molecule has 1 aliphatic rings. The molecular formula is C16H18ClNO. The van der Waals surface area contributed by atoms with Crippen LogP contribution in [0.4, 0.5) is 0 Å². The molecule has 0 bridgehead atoms. The maximum Gasteiger partial charge on any atom is 0.119 e. The number of halogens is 1. The summed E-state index contributed by atoms with van der Waals surface area (Å²) in [6.45, 7) is 2.06. The highest BCUT2D eigenvalue weighted by atomic mass is 35.5. The fourth-order valence-electron chi connectivity index (χ4n) is 2.99. The highest BCUT2D eigenvalue weighted by molar-refractivity contribution is 6.35. The largest absolute Gasteiger partial charge is 0.497 e. The van der Waals surface area contributed by atoms with Gasteiger partial charge in [-0.2, -0.15) is 0 Å². The third-order valence-electron chi connectivity index (χ3n) is 4.06. The zero-order valence-electron chi connectivity index (χ0n) is 11.4. The van der Waals surface area contributed by atoms with Crippen molar-refractivity contribution < 1.29 is 4.74 Å². The summed E-state index contributed by atoms with van der Waals surface area (Å²) in [7, 11) is 1.68. The molecule has 1 saturated carbocycles. The molecule has 0 radical (unpaired) electrons. The summed E-state index contributed by atoms with van der Waals surface area (Å²) in [5.74, 6) is 1.42. The number of benzene rings is 1. The summed E-state index contributed by atoms with van der Waals surface area (Å²) < 4.78 is 5.30. The third-order valence-corrected chi connectivity index (χ3v) is 4.37. The molecule has 1 heterocycles. The molecule has 0 saturated heterocycles. The molecule has 0 unspecified atom stereocenters. The summed E-state index contributed by atoms with van der Waals surface area (Å²) in [4.78, 5) is 4.85. The molecule has 3 heteroatoms. The average molecular weight is 276 g/mol. The van der Waals surface area contributed by atoms with E-state index in [9.17, 15) is 0 Å². The number of aryl methyl sites for hydroxylation is 1. The Balaban J connectivity index is 2.17. The Morgan fingerprint density at radius 1 is 1.21 bits per heavy atom. The Morgan fingerprint density at radius 2 is 1.95 bits per heavy atom. The minimum atomic E-state index is 0.586. The van der Waals surface area contributed by atoms with E-state index in [0.717, 1.165) is 32.9 Å². The molecule has 100 valence electrons. The lowest BCUT2D eigenvalue weighted by Crippen LogP contribution is -1.98. The first-order chi connectivity index (χ1) is 9.19. The molecule has 0 spiro atoms. The zero-order valence-corrected chi connectivity index (χ0v) is 12.1. The van der Waals surface area contributed by atoms with Crippen molar-refractivity contribution in [1.82, 2.24) is 4.98 Å². The Bertz CT molecular complexity index is 618. The predicted octanol–water partition coefficient (Wildman–Crippen LogP) is 4.86. The van der Waals surface area contributed by atoms with Gasteiger partial charge in [0.2, 0.25) is 0 Å². The fourth-order valence-corrected chi connectivity index (χ4v) is 3.25. The van der Waals surface area contributed by atoms with Gasteiger partial charge >= 0.3 is 0 Å². The maximum absolute atomic E-state index is 6.45. The number of pyridine rings is 1. The van der Waals surface area contributed by atoms with Gasteiger partial charge in [0.15, 0.2) is 0 Å². The van der Waals surface area contributed by atoms with Gasteiger partial charge in [0.05, 0.1) is 17.6 Å². The number of methoxy groups -OCH3 is 1. The molecule has 0 atom stereocenters. The summed E-state index contributed by atoms with van der Waals surface area (Å²) in [6.07, 6.45) is 5.10. The van der Waals surface area contributed by atoms with E-state index in [2.05, 4.69) is 6.92 Å². The fraction of sp³-hybridized carbons (Fsp3) is 0.438. The molecule has 0 amide bonds. The van der Waals surface area contributed by atoms with Crippen molar-refractivity contribution >= 4 is 22.5 Å². The first kappa shape index (κ1) is 12.7. The lowest BCUT2D eigenvalue weighted by Gasteiger charge is -2.13. The smallest absolute Gasteiger partial charge is 0.119 e. The quantitative estimate of drug-likeness (QED) is 0.781. The van der Waals surface area contributed by atoms with E-state index >= 15 is 0 Å². The van der Waals surface area contributed by atoms with Crippen LogP contribution in [0.15, 0.2) is 18.2 Å². The zero-order chi connectivity index (χ0) is 13.4. The van der Waals surface area contributed by atoms with Crippen LogP contribution in [0.3, 0.4) is 0 Å². The molecule has 2 aromatic rings. The standard InChI is InChI=1S/C16H18ClNO/c1-10-7-12(19-2)8-13-14(17)9-15(18-16(10)13)11-5-3-4-6-11/h7-9,11H,3-6H2,1-2H3. The topological polar surface area (TPSA) is 22.1 Å². The Kier molecular flexibility index (Phi) is 3.36. The highest BCUT2D eigenvalue weighted by Crippen LogP contribution is 2.37. The van der Waals surface area contributed by atoms with Gasteiger partial charge < -0.3 is 4.74 Å². The number of hydrogen-bond donors (Lipinski definition) is 0. The van der Waals surface area contributed by atoms with Crippen LogP contribution >= 0.6 is 11.6 Å². The van der Waals surface area contributed by atoms with Crippen molar-refractivity contribution in [2.75, 3.05) is 7.11 Å². The second-order valence-corrected chi connectivity index (χ2v) is 5.76. The van der Waals surface area contributed by atoms with Crippen LogP contribution in [-0.4, -0.2) is 12.1 Å². The van der Waals surface area contributed by atoms with Crippen LogP contribution < -0.4 is 4.74 Å². The molecule has 19 heavy (non-hydrogen) atoms. The highest BCUT2D eigenvalue weighted by Gasteiger charge is 2.20. The SMILES string of the molecule is COc1cc(C)c2nc(C3CCCC3)cc(Cl)c2c1. The molecule has 1 fully saturated rings. The predicted molar refractivity (Wildman–Crippen MR) is 79.3 cm³/mol. The Hall–Kier alpha value is -1.28. The summed E-state index contributed by atoms with van der Waals surface area (Å²) in [6, 6.07) is 6.03. The van der Waals surface area contributed by atoms with E-state index in [1.165, 1.54) is 25.7 Å². The van der Waals surface area contributed by atoms with Gasteiger partial charge in [0.25, 0.3) is 0 Å². The minimum absolute atomic E-state index is 0.586. The third kappa shape index (κ3) is 2.30. The molecule has 0 aliphatic heterocycles. The van der Waals surface area contributed by atoms with Gasteiger partial charge in [-0.3, -0.25) is 4.98 Å². The van der Waals surface area contributed by atoms with Crippen molar-refractivity contribution in [1.29, 1.82) is 0 Å².